The Kier molecular flexibility index (Phi) is 4.00. The summed E-state index contributed by atoms with van der Waals surface area (Å²) in [6, 6.07) is 17.1. The standard InChI is InChI=1S/C21H24N2O2/c1-3-18-20-17(12-23(18)16-6-4-5-13(2)11-16)19(20)14-7-9-15(10-8-14)21(24)22-25/h4-11,17-20,25H,3,12H2,1-2H3,(H,22,24)/t17-,18+,19?,20?/m0/s1. The average Bonchev–Trinajstić information content (AvgIpc) is 3.22. The van der Waals surface area contributed by atoms with Crippen LogP contribution in [0.2, 0.25) is 0 Å². The van der Waals surface area contributed by atoms with Gasteiger partial charge >= 0.3 is 0 Å². The quantitative estimate of drug-likeness (QED) is 0.660. The van der Waals surface area contributed by atoms with Gasteiger partial charge in [-0.25, -0.2) is 5.48 Å². The minimum absolute atomic E-state index is 0.459. The Labute approximate surface area is 148 Å². The third-order valence-corrected chi connectivity index (χ3v) is 5.89. The Morgan fingerprint density at radius 2 is 2.00 bits per heavy atom. The van der Waals surface area contributed by atoms with Crippen LogP contribution in [0, 0.1) is 18.8 Å². The van der Waals surface area contributed by atoms with Crippen molar-refractivity contribution in [3.63, 3.8) is 0 Å². The normalized spacial score (nSPS) is 27.1. The molecule has 0 aromatic heterocycles. The third kappa shape index (κ3) is 2.71. The van der Waals surface area contributed by atoms with E-state index >= 15 is 0 Å². The van der Waals surface area contributed by atoms with E-state index in [1.54, 1.807) is 17.6 Å². The van der Waals surface area contributed by atoms with Crippen molar-refractivity contribution < 1.29 is 10.0 Å². The van der Waals surface area contributed by atoms with Gasteiger partial charge in [-0.15, -0.1) is 0 Å². The second kappa shape index (κ2) is 6.19. The largest absolute Gasteiger partial charge is 0.368 e. The number of piperidine rings is 1. The lowest BCUT2D eigenvalue weighted by atomic mass is 10.00. The molecule has 1 aliphatic carbocycles. The van der Waals surface area contributed by atoms with Crippen molar-refractivity contribution in [3.8, 4) is 0 Å². The summed E-state index contributed by atoms with van der Waals surface area (Å²) in [6.07, 6.45) is 1.15. The summed E-state index contributed by atoms with van der Waals surface area (Å²) in [4.78, 5) is 14.0. The van der Waals surface area contributed by atoms with Gasteiger partial charge in [-0.05, 0) is 66.5 Å². The number of benzene rings is 2. The first kappa shape index (κ1) is 16.2. The third-order valence-electron chi connectivity index (χ3n) is 5.89. The molecular formula is C21H24N2O2. The fraction of sp³-hybridized carbons (Fsp3) is 0.381. The first-order valence-electron chi connectivity index (χ1n) is 9.01. The van der Waals surface area contributed by atoms with E-state index in [0.29, 0.717) is 29.4 Å². The molecule has 0 bridgehead atoms. The Bertz CT molecular complexity index is 787. The number of anilines is 1. The minimum Gasteiger partial charge on any atom is -0.368 e. The summed E-state index contributed by atoms with van der Waals surface area (Å²) >= 11 is 0. The number of rotatable bonds is 4. The molecule has 2 fully saturated rings. The molecule has 1 saturated carbocycles. The van der Waals surface area contributed by atoms with E-state index in [4.69, 9.17) is 5.21 Å². The van der Waals surface area contributed by atoms with E-state index in [1.807, 2.05) is 12.1 Å². The van der Waals surface area contributed by atoms with Gasteiger partial charge in [0.05, 0.1) is 0 Å². The molecule has 4 heteroatoms. The summed E-state index contributed by atoms with van der Waals surface area (Å²) in [7, 11) is 0. The van der Waals surface area contributed by atoms with Crippen LogP contribution in [0.1, 0.15) is 40.7 Å². The fourth-order valence-electron chi connectivity index (χ4n) is 4.72. The highest BCUT2D eigenvalue weighted by molar-refractivity contribution is 5.93. The van der Waals surface area contributed by atoms with Crippen LogP contribution in [0.3, 0.4) is 0 Å². The molecule has 25 heavy (non-hydrogen) atoms. The Morgan fingerprint density at radius 1 is 1.24 bits per heavy atom. The first-order valence-corrected chi connectivity index (χ1v) is 9.01. The lowest BCUT2D eigenvalue weighted by molar-refractivity contribution is 0.0706. The van der Waals surface area contributed by atoms with Crippen LogP contribution >= 0.6 is 0 Å². The van der Waals surface area contributed by atoms with E-state index in [2.05, 4.69) is 43.0 Å². The molecule has 2 aromatic carbocycles. The number of carbonyl (C=O) groups is 1. The summed E-state index contributed by atoms with van der Waals surface area (Å²) in [5, 5.41) is 8.73. The maximum atomic E-state index is 11.5. The number of nitrogens with zero attached hydrogens (tertiary/aromatic N) is 1. The van der Waals surface area contributed by atoms with Crippen molar-refractivity contribution in [3.05, 3.63) is 65.2 Å². The molecule has 4 atom stereocenters. The molecule has 2 aliphatic rings. The van der Waals surface area contributed by atoms with Gasteiger partial charge in [-0.1, -0.05) is 31.2 Å². The van der Waals surface area contributed by atoms with Crippen LogP contribution < -0.4 is 10.4 Å². The molecule has 4 nitrogen and oxygen atoms in total. The first-order chi connectivity index (χ1) is 12.1. The number of amides is 1. The summed E-state index contributed by atoms with van der Waals surface area (Å²) in [5.74, 6) is 1.53. The fourth-order valence-corrected chi connectivity index (χ4v) is 4.72. The molecule has 1 heterocycles. The maximum absolute atomic E-state index is 11.5. The zero-order valence-electron chi connectivity index (χ0n) is 14.6. The van der Waals surface area contributed by atoms with Gasteiger partial charge in [0, 0.05) is 23.8 Å². The van der Waals surface area contributed by atoms with E-state index in [-0.39, 0.29) is 0 Å². The second-order valence-electron chi connectivity index (χ2n) is 7.30. The summed E-state index contributed by atoms with van der Waals surface area (Å²) in [6.45, 7) is 5.53. The molecule has 2 unspecified atom stereocenters. The lowest BCUT2D eigenvalue weighted by Crippen LogP contribution is -2.33. The van der Waals surface area contributed by atoms with Crippen LogP contribution in [0.15, 0.2) is 48.5 Å². The molecule has 4 rings (SSSR count). The highest BCUT2D eigenvalue weighted by Crippen LogP contribution is 2.62. The van der Waals surface area contributed by atoms with E-state index < -0.39 is 5.91 Å². The topological polar surface area (TPSA) is 52.6 Å². The zero-order valence-corrected chi connectivity index (χ0v) is 14.6. The predicted octanol–water partition coefficient (Wildman–Crippen LogP) is 3.74. The van der Waals surface area contributed by atoms with Crippen LogP contribution in [0.25, 0.3) is 0 Å². The molecule has 1 saturated heterocycles. The molecule has 0 radical (unpaired) electrons. The molecule has 0 spiro atoms. The van der Waals surface area contributed by atoms with Crippen molar-refractivity contribution in [2.75, 3.05) is 11.4 Å². The molecule has 1 aliphatic heterocycles. The Balaban J connectivity index is 1.52. The van der Waals surface area contributed by atoms with Gasteiger partial charge in [0.1, 0.15) is 0 Å². The molecular weight excluding hydrogens is 312 g/mol. The SMILES string of the molecule is CC[C@@H]1C2C(c3ccc(C(=O)NO)cc3)[C@@H]2CN1c1cccc(C)c1. The number of hydroxylamine groups is 1. The maximum Gasteiger partial charge on any atom is 0.274 e. The molecule has 130 valence electrons. The number of carbonyl (C=O) groups excluding carboxylic acids is 1. The van der Waals surface area contributed by atoms with Gasteiger partial charge in [0.25, 0.3) is 5.91 Å². The van der Waals surface area contributed by atoms with Crippen LogP contribution in [-0.2, 0) is 0 Å². The Hall–Kier alpha value is -2.33. The predicted molar refractivity (Wildman–Crippen MR) is 98.0 cm³/mol. The van der Waals surface area contributed by atoms with E-state index in [9.17, 15) is 4.79 Å². The van der Waals surface area contributed by atoms with Gasteiger partial charge in [0.2, 0.25) is 0 Å². The number of hydrogen-bond acceptors (Lipinski definition) is 3. The smallest absolute Gasteiger partial charge is 0.274 e. The monoisotopic (exact) mass is 336 g/mol. The van der Waals surface area contributed by atoms with Crippen molar-refractivity contribution in [2.24, 2.45) is 11.8 Å². The second-order valence-corrected chi connectivity index (χ2v) is 7.30. The van der Waals surface area contributed by atoms with Gasteiger partial charge in [-0.2, -0.15) is 0 Å². The molecule has 2 aromatic rings. The number of fused-ring (bicyclic) bond motifs is 1. The van der Waals surface area contributed by atoms with E-state index in [1.165, 1.54) is 16.8 Å². The highest BCUT2D eigenvalue weighted by atomic mass is 16.5. The molecule has 1 amide bonds. The number of nitrogens with one attached hydrogen (secondary N) is 1. The highest BCUT2D eigenvalue weighted by Gasteiger charge is 2.60. The number of aryl methyl sites for hydroxylation is 1. The van der Waals surface area contributed by atoms with Crippen molar-refractivity contribution in [1.29, 1.82) is 0 Å². The lowest BCUT2D eigenvalue weighted by Gasteiger charge is -2.30. The van der Waals surface area contributed by atoms with Gasteiger partial charge < -0.3 is 4.90 Å². The summed E-state index contributed by atoms with van der Waals surface area (Å²) < 4.78 is 0. The van der Waals surface area contributed by atoms with Crippen LogP contribution in [0.5, 0.6) is 0 Å². The van der Waals surface area contributed by atoms with Crippen molar-refractivity contribution in [2.45, 2.75) is 32.2 Å². The zero-order chi connectivity index (χ0) is 17.6. The van der Waals surface area contributed by atoms with E-state index in [0.717, 1.165) is 13.0 Å². The van der Waals surface area contributed by atoms with Crippen LogP contribution in [-0.4, -0.2) is 23.7 Å². The van der Waals surface area contributed by atoms with Crippen LogP contribution in [0.4, 0.5) is 5.69 Å². The number of hydrogen-bond donors (Lipinski definition) is 2. The Morgan fingerprint density at radius 3 is 2.64 bits per heavy atom. The van der Waals surface area contributed by atoms with Gasteiger partial charge in [-0.3, -0.25) is 10.0 Å². The molecule has 2 N–H and O–H groups in total. The minimum atomic E-state index is -0.459. The van der Waals surface area contributed by atoms with Crippen molar-refractivity contribution in [1.82, 2.24) is 5.48 Å². The van der Waals surface area contributed by atoms with Crippen molar-refractivity contribution >= 4 is 11.6 Å². The average molecular weight is 336 g/mol. The van der Waals surface area contributed by atoms with Gasteiger partial charge in [0.15, 0.2) is 0 Å². The summed E-state index contributed by atoms with van der Waals surface area (Å²) in [5.41, 5.74) is 6.14.